The second-order valence-corrected chi connectivity index (χ2v) is 4.93. The normalized spacial score (nSPS) is 13.4. The molecular formula is C11H8ClF3NS+. The van der Waals surface area contributed by atoms with Gasteiger partial charge in [0.05, 0.1) is 0 Å². The van der Waals surface area contributed by atoms with E-state index < -0.39 is 11.2 Å². The number of hydrogen-bond donors (Lipinski definition) is 0. The lowest BCUT2D eigenvalue weighted by Gasteiger charge is -2.01. The molecule has 0 aliphatic heterocycles. The molecule has 0 bridgehead atoms. The van der Waals surface area contributed by atoms with Crippen LogP contribution in [-0.4, -0.2) is 6.18 Å². The van der Waals surface area contributed by atoms with E-state index >= 15 is 0 Å². The Morgan fingerprint density at radius 1 is 1.35 bits per heavy atom. The summed E-state index contributed by atoms with van der Waals surface area (Å²) in [7, 11) is 1.71. The maximum atomic E-state index is 12.3. The van der Waals surface area contributed by atoms with Gasteiger partial charge in [0, 0.05) is 12.1 Å². The molecule has 0 spiro atoms. The number of rotatable bonds is 1. The van der Waals surface area contributed by atoms with Gasteiger partial charge in [0.25, 0.3) is 5.01 Å². The maximum Gasteiger partial charge on any atom is 0.427 e. The average Bonchev–Trinajstić information content (AvgIpc) is 2.55. The highest BCUT2D eigenvalue weighted by Gasteiger charge is 2.33. The van der Waals surface area contributed by atoms with E-state index in [1.807, 2.05) is 24.3 Å². The molecule has 0 unspecified atom stereocenters. The summed E-state index contributed by atoms with van der Waals surface area (Å²) in [5, 5.41) is -0.645. The van der Waals surface area contributed by atoms with Crippen molar-refractivity contribution < 1.29 is 17.7 Å². The first-order valence-electron chi connectivity index (χ1n) is 4.71. The number of aromatic nitrogens is 1. The van der Waals surface area contributed by atoms with Gasteiger partial charge < -0.3 is 0 Å². The Labute approximate surface area is 105 Å². The third-order valence-corrected chi connectivity index (χ3v) is 3.78. The van der Waals surface area contributed by atoms with Gasteiger partial charge in [0.2, 0.25) is 5.52 Å². The fourth-order valence-electron chi connectivity index (χ4n) is 1.44. The Bertz CT molecular complexity index is 586. The lowest BCUT2D eigenvalue weighted by Crippen LogP contribution is -2.29. The van der Waals surface area contributed by atoms with Gasteiger partial charge in [-0.3, -0.25) is 0 Å². The molecule has 0 atom stereocenters. The quantitative estimate of drug-likeness (QED) is 0.697. The fourth-order valence-corrected chi connectivity index (χ4v) is 2.70. The summed E-state index contributed by atoms with van der Waals surface area (Å²) < 4.78 is 39.6. The number of allylic oxidation sites excluding steroid dienone is 1. The second kappa shape index (κ2) is 4.31. The number of thiazole rings is 1. The molecule has 0 saturated carbocycles. The highest BCUT2D eigenvalue weighted by atomic mass is 35.5. The van der Waals surface area contributed by atoms with Crippen molar-refractivity contribution in [1.29, 1.82) is 0 Å². The molecular weight excluding hydrogens is 271 g/mol. The Balaban J connectivity index is 2.54. The largest absolute Gasteiger partial charge is 0.427 e. The third-order valence-electron chi connectivity index (χ3n) is 2.29. The molecule has 0 aliphatic rings. The van der Waals surface area contributed by atoms with Crippen LogP contribution in [0.3, 0.4) is 0 Å². The molecule has 90 valence electrons. The van der Waals surface area contributed by atoms with Crippen molar-refractivity contribution in [2.24, 2.45) is 7.05 Å². The first-order valence-corrected chi connectivity index (χ1v) is 5.91. The van der Waals surface area contributed by atoms with Crippen LogP contribution in [0.4, 0.5) is 13.2 Å². The van der Waals surface area contributed by atoms with E-state index in [-0.39, 0.29) is 0 Å². The van der Waals surface area contributed by atoms with Gasteiger partial charge in [-0.2, -0.15) is 17.7 Å². The molecule has 2 aromatic rings. The summed E-state index contributed by atoms with van der Waals surface area (Å²) in [6.45, 7) is 0. The van der Waals surface area contributed by atoms with Gasteiger partial charge in [0.1, 0.15) is 16.8 Å². The van der Waals surface area contributed by atoms with Gasteiger partial charge in [-0.25, -0.2) is 0 Å². The number of hydrogen-bond acceptors (Lipinski definition) is 1. The molecule has 0 aliphatic carbocycles. The predicted molar refractivity (Wildman–Crippen MR) is 62.9 cm³/mol. The molecule has 0 amide bonds. The van der Waals surface area contributed by atoms with E-state index in [9.17, 15) is 13.2 Å². The van der Waals surface area contributed by atoms with Crippen LogP contribution in [0.2, 0.25) is 0 Å². The number of halogens is 4. The number of aryl methyl sites for hydroxylation is 1. The standard InChI is InChI=1S/C11H8ClF3NS/c1-16-7-4-2-3-5-8(7)17-10(16)6-9(12)11(13,14)15/h2-6H,1H3/q+1. The zero-order valence-electron chi connectivity index (χ0n) is 8.75. The van der Waals surface area contributed by atoms with Gasteiger partial charge in [-0.15, -0.1) is 0 Å². The van der Waals surface area contributed by atoms with Crippen molar-refractivity contribution in [1.82, 2.24) is 0 Å². The molecule has 1 aromatic heterocycles. The molecule has 1 heterocycles. The Hall–Kier alpha value is -1.07. The summed E-state index contributed by atoms with van der Waals surface area (Å²) in [6.07, 6.45) is -3.54. The number of alkyl halides is 3. The van der Waals surface area contributed by atoms with E-state index in [4.69, 9.17) is 11.6 Å². The number of nitrogens with zero attached hydrogens (tertiary/aromatic N) is 1. The van der Waals surface area contributed by atoms with Crippen molar-refractivity contribution in [2.75, 3.05) is 0 Å². The van der Waals surface area contributed by atoms with Gasteiger partial charge in [-0.05, 0) is 6.07 Å². The third kappa shape index (κ3) is 2.45. The highest BCUT2D eigenvalue weighted by Crippen LogP contribution is 2.31. The first kappa shape index (κ1) is 12.4. The van der Waals surface area contributed by atoms with Crippen LogP contribution in [0.1, 0.15) is 5.01 Å². The number of benzene rings is 1. The molecule has 0 saturated heterocycles. The molecule has 0 fully saturated rings. The SMILES string of the molecule is C[n+]1c(C=C(Cl)C(F)(F)F)sc2ccccc21. The van der Waals surface area contributed by atoms with Crippen LogP contribution >= 0.6 is 22.9 Å². The van der Waals surface area contributed by atoms with Crippen LogP contribution in [-0.2, 0) is 7.05 Å². The van der Waals surface area contributed by atoms with E-state index in [0.29, 0.717) is 5.01 Å². The van der Waals surface area contributed by atoms with Gasteiger partial charge in [-0.1, -0.05) is 35.1 Å². The van der Waals surface area contributed by atoms with Gasteiger partial charge in [0.15, 0.2) is 0 Å². The summed E-state index contributed by atoms with van der Waals surface area (Å²) in [5.74, 6) is 0. The zero-order chi connectivity index (χ0) is 12.6. The van der Waals surface area contributed by atoms with Crippen molar-refractivity contribution >= 4 is 39.2 Å². The maximum absolute atomic E-state index is 12.3. The molecule has 1 nitrogen and oxygen atoms in total. The van der Waals surface area contributed by atoms with E-state index in [1.165, 1.54) is 11.3 Å². The predicted octanol–water partition coefficient (Wildman–Crippen LogP) is 3.87. The average molecular weight is 279 g/mol. The van der Waals surface area contributed by atoms with Crippen molar-refractivity contribution in [3.8, 4) is 0 Å². The molecule has 0 N–H and O–H groups in total. The molecule has 6 heteroatoms. The molecule has 1 aromatic carbocycles. The molecule has 2 rings (SSSR count). The minimum Gasteiger partial charge on any atom is -0.185 e. The Kier molecular flexibility index (Phi) is 3.14. The van der Waals surface area contributed by atoms with Crippen LogP contribution < -0.4 is 4.57 Å². The second-order valence-electron chi connectivity index (χ2n) is 3.46. The first-order chi connectivity index (χ1) is 7.89. The van der Waals surface area contributed by atoms with Crippen molar-refractivity contribution in [3.05, 3.63) is 34.3 Å². The summed E-state index contributed by atoms with van der Waals surface area (Å²) in [4.78, 5) is 0. The Morgan fingerprint density at radius 3 is 2.59 bits per heavy atom. The lowest BCUT2D eigenvalue weighted by atomic mass is 10.3. The minimum atomic E-state index is -4.50. The Morgan fingerprint density at radius 2 is 2.00 bits per heavy atom. The zero-order valence-corrected chi connectivity index (χ0v) is 10.3. The number of para-hydroxylation sites is 1. The summed E-state index contributed by atoms with van der Waals surface area (Å²) in [6, 6.07) is 7.40. The summed E-state index contributed by atoms with van der Waals surface area (Å²) >= 11 is 6.49. The lowest BCUT2D eigenvalue weighted by molar-refractivity contribution is -0.642. The fraction of sp³-hybridized carbons (Fsp3) is 0.182. The van der Waals surface area contributed by atoms with Crippen molar-refractivity contribution in [2.45, 2.75) is 6.18 Å². The monoisotopic (exact) mass is 278 g/mol. The van der Waals surface area contributed by atoms with Crippen molar-refractivity contribution in [3.63, 3.8) is 0 Å². The van der Waals surface area contributed by atoms with Crippen LogP contribution in [0.15, 0.2) is 29.3 Å². The smallest absolute Gasteiger partial charge is 0.185 e. The van der Waals surface area contributed by atoms with Gasteiger partial charge >= 0.3 is 6.18 Å². The summed E-state index contributed by atoms with van der Waals surface area (Å²) in [5.41, 5.74) is 0.885. The highest BCUT2D eigenvalue weighted by molar-refractivity contribution is 7.18. The van der Waals surface area contributed by atoms with E-state index in [2.05, 4.69) is 0 Å². The number of fused-ring (bicyclic) bond motifs is 1. The van der Waals surface area contributed by atoms with E-state index in [1.54, 1.807) is 11.6 Å². The topological polar surface area (TPSA) is 3.88 Å². The molecule has 17 heavy (non-hydrogen) atoms. The van der Waals surface area contributed by atoms with E-state index in [0.717, 1.165) is 16.3 Å². The van der Waals surface area contributed by atoms with Crippen LogP contribution in [0, 0.1) is 0 Å². The van der Waals surface area contributed by atoms with Crippen LogP contribution in [0.25, 0.3) is 16.3 Å². The minimum absolute atomic E-state index is 0.466. The molecule has 0 radical (unpaired) electrons. The van der Waals surface area contributed by atoms with Crippen LogP contribution in [0.5, 0.6) is 0 Å².